The Labute approximate surface area is 86.1 Å². The Bertz CT molecular complexity index is 490. The molecule has 0 spiro atoms. The van der Waals surface area contributed by atoms with Crippen LogP contribution in [0.25, 0.3) is 0 Å². The Hall–Kier alpha value is -1.31. The Morgan fingerprint density at radius 1 is 1.31 bits per heavy atom. The van der Waals surface area contributed by atoms with Gasteiger partial charge in [-0.1, -0.05) is 18.1 Å². The van der Waals surface area contributed by atoms with Crippen LogP contribution in [0.1, 0.15) is 33.2 Å². The SMILES string of the molecule is [2H]c1c([2H])c([2H])c(/C=[N+](\[O-])C(C)(C)C)c([2H])c1[2H]. The van der Waals surface area contributed by atoms with Crippen LogP contribution in [-0.4, -0.2) is 16.5 Å². The van der Waals surface area contributed by atoms with Crippen molar-refractivity contribution < 1.29 is 11.6 Å². The van der Waals surface area contributed by atoms with Crippen LogP contribution in [-0.2, 0) is 0 Å². The van der Waals surface area contributed by atoms with E-state index in [2.05, 4.69) is 0 Å². The molecule has 1 rings (SSSR count). The van der Waals surface area contributed by atoms with E-state index in [0.717, 1.165) is 6.21 Å². The number of hydrogen-bond donors (Lipinski definition) is 0. The van der Waals surface area contributed by atoms with Crippen LogP contribution in [0.2, 0.25) is 0 Å². The maximum atomic E-state index is 11.8. The summed E-state index contributed by atoms with van der Waals surface area (Å²) in [6, 6.07) is -2.08. The highest BCUT2D eigenvalue weighted by Crippen LogP contribution is 2.05. The molecular weight excluding hydrogens is 162 g/mol. The Morgan fingerprint density at radius 3 is 2.31 bits per heavy atom. The minimum absolute atomic E-state index is 0.0917. The fourth-order valence-corrected chi connectivity index (χ4v) is 0.635. The van der Waals surface area contributed by atoms with Gasteiger partial charge in [0.1, 0.15) is 0 Å². The van der Waals surface area contributed by atoms with Gasteiger partial charge in [0.05, 0.1) is 6.85 Å². The second kappa shape index (κ2) is 3.60. The number of hydroxylamine groups is 1. The maximum Gasteiger partial charge on any atom is 0.182 e. The van der Waals surface area contributed by atoms with Crippen molar-refractivity contribution in [3.63, 3.8) is 0 Å². The molecule has 0 saturated carbocycles. The molecule has 0 amide bonds. The van der Waals surface area contributed by atoms with E-state index in [-0.39, 0.29) is 17.6 Å². The van der Waals surface area contributed by atoms with Crippen LogP contribution >= 0.6 is 0 Å². The lowest BCUT2D eigenvalue weighted by atomic mass is 10.1. The van der Waals surface area contributed by atoms with Gasteiger partial charge < -0.3 is 5.21 Å². The van der Waals surface area contributed by atoms with Gasteiger partial charge in [-0.3, -0.25) is 0 Å². The van der Waals surface area contributed by atoms with Crippen LogP contribution in [0.5, 0.6) is 0 Å². The van der Waals surface area contributed by atoms with Gasteiger partial charge in [0.2, 0.25) is 0 Å². The van der Waals surface area contributed by atoms with Crippen molar-refractivity contribution in [3.05, 3.63) is 41.0 Å². The molecule has 0 radical (unpaired) electrons. The Balaban J connectivity index is 3.53. The maximum absolute atomic E-state index is 11.8. The standard InChI is InChI=1S/C11H15NO/c1-11(2,3)12(13)9-10-7-5-4-6-8-10/h4-9H,1-3H3/b12-9-/i4D,5D,6D,7D,8D. The average molecular weight is 182 g/mol. The summed E-state index contributed by atoms with van der Waals surface area (Å²) in [7, 11) is 0. The summed E-state index contributed by atoms with van der Waals surface area (Å²) in [5, 5.41) is 11.8. The summed E-state index contributed by atoms with van der Waals surface area (Å²) in [5.74, 6) is 0. The van der Waals surface area contributed by atoms with Crippen LogP contribution < -0.4 is 0 Å². The molecule has 13 heavy (non-hydrogen) atoms. The number of nitrogens with zero attached hydrogens (tertiary/aromatic N) is 1. The fraction of sp³-hybridized carbons (Fsp3) is 0.364. The smallest absolute Gasteiger partial charge is 0.182 e. The third kappa shape index (κ3) is 2.90. The topological polar surface area (TPSA) is 26.1 Å². The van der Waals surface area contributed by atoms with E-state index in [9.17, 15) is 5.21 Å². The molecule has 0 aliphatic rings. The van der Waals surface area contributed by atoms with E-state index in [4.69, 9.17) is 6.85 Å². The van der Waals surface area contributed by atoms with Crippen molar-refractivity contribution in [1.29, 1.82) is 0 Å². The largest absolute Gasteiger partial charge is 0.623 e. The highest BCUT2D eigenvalue weighted by molar-refractivity contribution is 5.75. The normalized spacial score (nSPS) is 18.4. The van der Waals surface area contributed by atoms with Gasteiger partial charge in [0.15, 0.2) is 11.8 Å². The molecule has 0 saturated heterocycles. The van der Waals surface area contributed by atoms with E-state index >= 15 is 0 Å². The van der Waals surface area contributed by atoms with Gasteiger partial charge in [-0.2, -0.15) is 0 Å². The van der Waals surface area contributed by atoms with E-state index in [1.807, 2.05) is 0 Å². The zero-order valence-electron chi connectivity index (χ0n) is 12.9. The van der Waals surface area contributed by atoms with Crippen LogP contribution in [0, 0.1) is 5.21 Å². The van der Waals surface area contributed by atoms with E-state index in [1.165, 1.54) is 0 Å². The molecule has 0 N–H and O–H groups in total. The fourth-order valence-electron chi connectivity index (χ4n) is 0.635. The van der Waals surface area contributed by atoms with Gasteiger partial charge in [-0.15, -0.1) is 0 Å². The highest BCUT2D eigenvalue weighted by Gasteiger charge is 2.17. The summed E-state index contributed by atoms with van der Waals surface area (Å²) in [6.07, 6.45) is 1.04. The van der Waals surface area contributed by atoms with Gasteiger partial charge in [-0.25, -0.2) is 4.74 Å². The molecule has 0 bridgehead atoms. The molecule has 0 fully saturated rings. The van der Waals surface area contributed by atoms with Crippen molar-refractivity contribution in [2.24, 2.45) is 0 Å². The zero-order valence-corrected chi connectivity index (χ0v) is 7.93. The number of hydrogen-bond acceptors (Lipinski definition) is 1. The van der Waals surface area contributed by atoms with Crippen molar-refractivity contribution in [2.75, 3.05) is 0 Å². The monoisotopic (exact) mass is 182 g/mol. The molecule has 0 heterocycles. The van der Waals surface area contributed by atoms with E-state index in [0.29, 0.717) is 4.74 Å². The van der Waals surface area contributed by atoms with Crippen molar-refractivity contribution in [2.45, 2.75) is 26.3 Å². The molecule has 0 aliphatic heterocycles. The molecule has 0 aromatic heterocycles. The Kier molecular flexibility index (Phi) is 1.33. The molecule has 70 valence electrons. The average Bonchev–Trinajstić information content (AvgIpc) is 2.28. The summed E-state index contributed by atoms with van der Waals surface area (Å²) in [4.78, 5) is 0. The summed E-state index contributed by atoms with van der Waals surface area (Å²) in [6.45, 7) is 5.02. The first-order chi connectivity index (χ1) is 8.07. The second-order valence-electron chi connectivity index (χ2n) is 3.66. The minimum atomic E-state index is -0.733. The summed E-state index contributed by atoms with van der Waals surface area (Å²) >= 11 is 0. The highest BCUT2D eigenvalue weighted by atomic mass is 16.5. The van der Waals surface area contributed by atoms with Crippen LogP contribution in [0.4, 0.5) is 0 Å². The molecule has 0 atom stereocenters. The van der Waals surface area contributed by atoms with Gasteiger partial charge >= 0.3 is 0 Å². The van der Waals surface area contributed by atoms with Crippen LogP contribution in [0.3, 0.4) is 0 Å². The van der Waals surface area contributed by atoms with E-state index < -0.39 is 23.7 Å². The first kappa shape index (κ1) is 4.80. The second-order valence-corrected chi connectivity index (χ2v) is 3.66. The van der Waals surface area contributed by atoms with Gasteiger partial charge in [-0.05, 0) is 12.1 Å². The van der Waals surface area contributed by atoms with Gasteiger partial charge in [0, 0.05) is 26.3 Å². The zero-order chi connectivity index (χ0) is 14.2. The molecule has 1 aromatic rings. The first-order valence-corrected chi connectivity index (χ1v) is 3.95. The van der Waals surface area contributed by atoms with Crippen molar-refractivity contribution in [1.82, 2.24) is 0 Å². The first-order valence-electron chi connectivity index (χ1n) is 6.45. The summed E-state index contributed by atoms with van der Waals surface area (Å²) < 4.78 is 38.3. The van der Waals surface area contributed by atoms with E-state index in [1.54, 1.807) is 20.8 Å². The predicted octanol–water partition coefficient (Wildman–Crippen LogP) is 2.41. The quantitative estimate of drug-likeness (QED) is 0.283. The molecule has 2 nitrogen and oxygen atoms in total. The lowest BCUT2D eigenvalue weighted by molar-refractivity contribution is -0.530. The van der Waals surface area contributed by atoms with Gasteiger partial charge in [0.25, 0.3) is 0 Å². The molecule has 2 heteroatoms. The third-order valence-corrected chi connectivity index (χ3v) is 1.43. The number of rotatable bonds is 1. The lowest BCUT2D eigenvalue weighted by Gasteiger charge is -2.18. The minimum Gasteiger partial charge on any atom is -0.623 e. The van der Waals surface area contributed by atoms with Crippen LogP contribution in [0.15, 0.2) is 30.2 Å². The molecular formula is C11H15NO. The molecule has 0 unspecified atom stereocenters. The lowest BCUT2D eigenvalue weighted by Crippen LogP contribution is -2.29. The Morgan fingerprint density at radius 2 is 1.85 bits per heavy atom. The molecule has 0 aliphatic carbocycles. The summed E-state index contributed by atoms with van der Waals surface area (Å²) in [5.41, 5.74) is -0.825. The third-order valence-electron chi connectivity index (χ3n) is 1.43. The number of benzene rings is 1. The van der Waals surface area contributed by atoms with Crippen molar-refractivity contribution >= 4 is 6.21 Å². The predicted molar refractivity (Wildman–Crippen MR) is 55.0 cm³/mol. The molecule has 1 aromatic carbocycles. The van der Waals surface area contributed by atoms with Crippen molar-refractivity contribution in [3.8, 4) is 0 Å².